The second-order valence-corrected chi connectivity index (χ2v) is 8.86. The van der Waals surface area contributed by atoms with Crippen LogP contribution in [0.3, 0.4) is 0 Å². The summed E-state index contributed by atoms with van der Waals surface area (Å²) in [5.74, 6) is 0.0830. The molecule has 0 radical (unpaired) electrons. The van der Waals surface area contributed by atoms with E-state index in [1.165, 1.54) is 23.3 Å². The lowest BCUT2D eigenvalue weighted by molar-refractivity contribution is -0.117. The van der Waals surface area contributed by atoms with E-state index in [1.807, 2.05) is 0 Å². The molecule has 0 unspecified atom stereocenters. The Bertz CT molecular complexity index is 1000. The molecule has 0 saturated heterocycles. The highest BCUT2D eigenvalue weighted by molar-refractivity contribution is 5.95. The van der Waals surface area contributed by atoms with Gasteiger partial charge in [0.1, 0.15) is 5.82 Å². The van der Waals surface area contributed by atoms with Crippen LogP contribution >= 0.6 is 0 Å². The summed E-state index contributed by atoms with van der Waals surface area (Å²) in [5.41, 5.74) is 4.30. The van der Waals surface area contributed by atoms with Crippen LogP contribution in [0.1, 0.15) is 49.8 Å². The first-order chi connectivity index (χ1) is 13.8. The molecule has 1 aliphatic rings. The molecule has 29 heavy (non-hydrogen) atoms. The number of hydrogen-bond donors (Lipinski definition) is 1. The number of halogens is 1. The Hall–Kier alpha value is -2.95. The molecule has 1 aromatic heterocycles. The van der Waals surface area contributed by atoms with Gasteiger partial charge in [-0.15, -0.1) is 0 Å². The highest BCUT2D eigenvalue weighted by atomic mass is 19.1. The van der Waals surface area contributed by atoms with Crippen LogP contribution in [-0.4, -0.2) is 15.7 Å². The first-order valence-electron chi connectivity index (χ1n) is 9.98. The number of nitrogens with one attached hydrogen (secondary N) is 1. The van der Waals surface area contributed by atoms with Crippen LogP contribution in [-0.2, 0) is 16.8 Å². The maximum absolute atomic E-state index is 13.0. The van der Waals surface area contributed by atoms with E-state index in [9.17, 15) is 9.18 Å². The summed E-state index contributed by atoms with van der Waals surface area (Å²) in [6, 6.07) is 15.0. The van der Waals surface area contributed by atoms with Gasteiger partial charge in [-0.2, -0.15) is 5.10 Å². The van der Waals surface area contributed by atoms with Crippen molar-refractivity contribution in [2.45, 2.75) is 45.1 Å². The molecular weight excluding hydrogens is 365 g/mol. The molecule has 1 aliphatic carbocycles. The predicted octanol–water partition coefficient (Wildman–Crippen LogP) is 5.11. The van der Waals surface area contributed by atoms with Gasteiger partial charge in [-0.25, -0.2) is 4.39 Å². The number of carbonyl (C=O) groups excluding carboxylic acids is 1. The molecular formula is C24H26FN3O. The van der Waals surface area contributed by atoms with Crippen molar-refractivity contribution in [2.75, 3.05) is 5.32 Å². The van der Waals surface area contributed by atoms with Crippen LogP contribution in [0.25, 0.3) is 0 Å². The van der Waals surface area contributed by atoms with Gasteiger partial charge in [-0.05, 0) is 46.6 Å². The van der Waals surface area contributed by atoms with E-state index in [1.54, 1.807) is 29.2 Å². The monoisotopic (exact) mass is 391 g/mol. The van der Waals surface area contributed by atoms with Gasteiger partial charge in [0.05, 0.1) is 18.4 Å². The first-order valence-corrected chi connectivity index (χ1v) is 9.98. The minimum Gasteiger partial charge on any atom is -0.323 e. The molecule has 2 aromatic carbocycles. The Balaban J connectivity index is 1.34. The number of rotatable bonds is 5. The normalized spacial score (nSPS) is 18.5. The maximum atomic E-state index is 13.0. The van der Waals surface area contributed by atoms with Crippen molar-refractivity contribution in [1.82, 2.24) is 9.78 Å². The average molecular weight is 391 g/mol. The smallest absolute Gasteiger partial charge is 0.228 e. The Morgan fingerprint density at radius 3 is 2.48 bits per heavy atom. The highest BCUT2D eigenvalue weighted by Crippen LogP contribution is 2.48. The van der Waals surface area contributed by atoms with Gasteiger partial charge >= 0.3 is 0 Å². The van der Waals surface area contributed by atoms with Gasteiger partial charge < -0.3 is 5.32 Å². The summed E-state index contributed by atoms with van der Waals surface area (Å²) in [5, 5.41) is 7.26. The SMILES string of the molecule is CC(C)(C)c1ccc([C@H]2C[C@@H]2C(=O)Nc2cnn(Cc3ccc(F)cc3)c2)cc1. The van der Waals surface area contributed by atoms with Gasteiger partial charge in [0.2, 0.25) is 5.91 Å². The fourth-order valence-corrected chi connectivity index (χ4v) is 3.61. The van der Waals surface area contributed by atoms with E-state index >= 15 is 0 Å². The van der Waals surface area contributed by atoms with E-state index in [2.05, 4.69) is 55.5 Å². The van der Waals surface area contributed by atoms with Crippen LogP contribution < -0.4 is 5.32 Å². The van der Waals surface area contributed by atoms with E-state index in [0.29, 0.717) is 18.2 Å². The lowest BCUT2D eigenvalue weighted by Crippen LogP contribution is -2.14. The molecule has 1 saturated carbocycles. The number of nitrogens with zero attached hydrogens (tertiary/aromatic N) is 2. The maximum Gasteiger partial charge on any atom is 0.228 e. The lowest BCUT2D eigenvalue weighted by Gasteiger charge is -2.19. The fraction of sp³-hybridized carbons (Fsp3) is 0.333. The first kappa shape index (κ1) is 19.4. The van der Waals surface area contributed by atoms with E-state index in [-0.39, 0.29) is 23.1 Å². The van der Waals surface area contributed by atoms with Gasteiger partial charge in [0, 0.05) is 12.1 Å². The third kappa shape index (κ3) is 4.56. The summed E-state index contributed by atoms with van der Waals surface area (Å²) in [4.78, 5) is 12.6. The molecule has 1 heterocycles. The van der Waals surface area contributed by atoms with Crippen molar-refractivity contribution in [3.05, 3.63) is 83.4 Å². The predicted molar refractivity (Wildman–Crippen MR) is 112 cm³/mol. The molecule has 150 valence electrons. The van der Waals surface area contributed by atoms with Crippen molar-refractivity contribution in [3.63, 3.8) is 0 Å². The molecule has 0 aliphatic heterocycles. The topological polar surface area (TPSA) is 46.9 Å². The molecule has 0 spiro atoms. The molecule has 1 N–H and O–H groups in total. The van der Waals surface area contributed by atoms with Crippen LogP contribution in [0, 0.1) is 11.7 Å². The second-order valence-electron chi connectivity index (χ2n) is 8.86. The third-order valence-corrected chi connectivity index (χ3v) is 5.49. The summed E-state index contributed by atoms with van der Waals surface area (Å²) < 4.78 is 14.7. The zero-order valence-corrected chi connectivity index (χ0v) is 17.0. The molecule has 0 bridgehead atoms. The summed E-state index contributed by atoms with van der Waals surface area (Å²) in [6.07, 6.45) is 4.33. The average Bonchev–Trinajstić information content (AvgIpc) is 3.38. The van der Waals surface area contributed by atoms with Crippen molar-refractivity contribution in [2.24, 2.45) is 5.92 Å². The van der Waals surface area contributed by atoms with Crippen LogP contribution in [0.5, 0.6) is 0 Å². The minimum absolute atomic E-state index is 0.0101. The summed E-state index contributed by atoms with van der Waals surface area (Å²) in [7, 11) is 0. The van der Waals surface area contributed by atoms with Gasteiger partial charge in [0.15, 0.2) is 0 Å². The number of carbonyl (C=O) groups is 1. The standard InChI is InChI=1S/C24H26FN3O/c1-24(2,3)18-8-6-17(7-9-18)21-12-22(21)23(29)27-20-13-26-28(15-20)14-16-4-10-19(25)11-5-16/h4-11,13,15,21-22H,12,14H2,1-3H3,(H,27,29)/t21-,22+/m1/s1. The van der Waals surface area contributed by atoms with Crippen molar-refractivity contribution in [1.29, 1.82) is 0 Å². The molecule has 1 fully saturated rings. The molecule has 4 rings (SSSR count). The molecule has 1 amide bonds. The van der Waals surface area contributed by atoms with Crippen LogP contribution in [0.2, 0.25) is 0 Å². The van der Waals surface area contributed by atoms with Crippen molar-refractivity contribution in [3.8, 4) is 0 Å². The number of hydrogen-bond acceptors (Lipinski definition) is 2. The zero-order valence-electron chi connectivity index (χ0n) is 17.0. The lowest BCUT2D eigenvalue weighted by atomic mass is 9.86. The molecule has 5 heteroatoms. The summed E-state index contributed by atoms with van der Waals surface area (Å²) >= 11 is 0. The van der Waals surface area contributed by atoms with Gasteiger partial charge in [-0.3, -0.25) is 9.48 Å². The van der Waals surface area contributed by atoms with Crippen LogP contribution in [0.4, 0.5) is 10.1 Å². The highest BCUT2D eigenvalue weighted by Gasteiger charge is 2.44. The minimum atomic E-state index is -0.255. The molecule has 4 nitrogen and oxygen atoms in total. The van der Waals surface area contributed by atoms with Crippen molar-refractivity contribution < 1.29 is 9.18 Å². The van der Waals surface area contributed by atoms with Crippen molar-refractivity contribution >= 4 is 11.6 Å². The molecule has 3 aromatic rings. The Kier molecular flexibility index (Phi) is 4.99. The number of amides is 1. The quantitative estimate of drug-likeness (QED) is 0.657. The number of anilines is 1. The van der Waals surface area contributed by atoms with Crippen LogP contribution in [0.15, 0.2) is 60.9 Å². The van der Waals surface area contributed by atoms with E-state index in [4.69, 9.17) is 0 Å². The number of aromatic nitrogens is 2. The van der Waals surface area contributed by atoms with E-state index in [0.717, 1.165) is 12.0 Å². The molecule has 2 atom stereocenters. The zero-order chi connectivity index (χ0) is 20.6. The Morgan fingerprint density at radius 1 is 1.14 bits per heavy atom. The van der Waals surface area contributed by atoms with Gasteiger partial charge in [-0.1, -0.05) is 57.2 Å². The Morgan fingerprint density at radius 2 is 1.83 bits per heavy atom. The Labute approximate surface area is 170 Å². The van der Waals surface area contributed by atoms with E-state index < -0.39 is 0 Å². The number of benzene rings is 2. The second kappa shape index (κ2) is 7.47. The summed E-state index contributed by atoms with van der Waals surface area (Å²) in [6.45, 7) is 7.13. The largest absolute Gasteiger partial charge is 0.323 e. The fourth-order valence-electron chi connectivity index (χ4n) is 3.61. The van der Waals surface area contributed by atoms with Gasteiger partial charge in [0.25, 0.3) is 0 Å². The third-order valence-electron chi connectivity index (χ3n) is 5.49.